The molecule has 0 aliphatic carbocycles. The van der Waals surface area contributed by atoms with Gasteiger partial charge in [0.25, 0.3) is 0 Å². The Morgan fingerprint density at radius 3 is 1.62 bits per heavy atom. The predicted molar refractivity (Wildman–Crippen MR) is 142 cm³/mol. The van der Waals surface area contributed by atoms with Gasteiger partial charge in [-0.25, -0.2) is 0 Å². The first kappa shape index (κ1) is 25.8. The number of benzene rings is 3. The van der Waals surface area contributed by atoms with Crippen molar-refractivity contribution in [2.75, 3.05) is 20.1 Å². The van der Waals surface area contributed by atoms with Crippen molar-refractivity contribution in [2.45, 2.75) is 61.2 Å². The SMILES string of the molecule is Cc1ccc(CN(CCN(C)Cc2cc(C)c(C)cc2O)Cc2cc(C)c(C)cc2O)cc1C. The molecular formula is C30H40N2O2. The highest BCUT2D eigenvalue weighted by Crippen LogP contribution is 2.25. The van der Waals surface area contributed by atoms with Crippen LogP contribution in [0.2, 0.25) is 0 Å². The largest absolute Gasteiger partial charge is 0.508 e. The summed E-state index contributed by atoms with van der Waals surface area (Å²) in [5.41, 5.74) is 10.4. The summed E-state index contributed by atoms with van der Waals surface area (Å²) >= 11 is 0. The molecule has 3 aromatic carbocycles. The zero-order valence-electron chi connectivity index (χ0n) is 21.9. The molecule has 182 valence electrons. The third kappa shape index (κ3) is 6.62. The molecule has 3 rings (SSSR count). The van der Waals surface area contributed by atoms with Crippen molar-refractivity contribution >= 4 is 0 Å². The molecule has 2 N–H and O–H groups in total. The zero-order chi connectivity index (χ0) is 25.0. The second kappa shape index (κ2) is 11.1. The van der Waals surface area contributed by atoms with Crippen molar-refractivity contribution in [3.63, 3.8) is 0 Å². The van der Waals surface area contributed by atoms with Gasteiger partial charge in [-0.05, 0) is 99.7 Å². The van der Waals surface area contributed by atoms with Crippen molar-refractivity contribution in [3.05, 3.63) is 92.5 Å². The normalized spacial score (nSPS) is 11.6. The zero-order valence-corrected chi connectivity index (χ0v) is 21.9. The van der Waals surface area contributed by atoms with Crippen LogP contribution in [0.4, 0.5) is 0 Å². The first-order chi connectivity index (χ1) is 16.0. The topological polar surface area (TPSA) is 46.9 Å². The summed E-state index contributed by atoms with van der Waals surface area (Å²) in [5.74, 6) is 0.726. The average molecular weight is 461 g/mol. The number of phenols is 2. The predicted octanol–water partition coefficient (Wildman–Crippen LogP) is 6.08. The van der Waals surface area contributed by atoms with Gasteiger partial charge in [-0.2, -0.15) is 0 Å². The summed E-state index contributed by atoms with van der Waals surface area (Å²) in [5, 5.41) is 21.0. The number of likely N-dealkylation sites (N-methyl/N-ethyl adjacent to an activating group) is 1. The lowest BCUT2D eigenvalue weighted by Gasteiger charge is -2.27. The Balaban J connectivity index is 1.75. The van der Waals surface area contributed by atoms with Crippen LogP contribution in [-0.4, -0.2) is 40.2 Å². The second-order valence-electron chi connectivity index (χ2n) is 10.00. The summed E-state index contributed by atoms with van der Waals surface area (Å²) in [4.78, 5) is 4.64. The van der Waals surface area contributed by atoms with Crippen molar-refractivity contribution in [1.82, 2.24) is 9.80 Å². The van der Waals surface area contributed by atoms with Crippen LogP contribution >= 0.6 is 0 Å². The van der Waals surface area contributed by atoms with Gasteiger partial charge in [-0.15, -0.1) is 0 Å². The van der Waals surface area contributed by atoms with E-state index in [1.165, 1.54) is 27.8 Å². The standard InChI is InChI=1S/C30H40N2O2/c1-20-8-9-26(12-21(20)2)17-32(19-28-14-23(4)25(6)16-30(28)34)11-10-31(7)18-27-13-22(3)24(5)15-29(27)33/h8-9,12-16,33-34H,10-11,17-19H2,1-7H3. The van der Waals surface area contributed by atoms with E-state index in [4.69, 9.17) is 0 Å². The van der Waals surface area contributed by atoms with E-state index in [2.05, 4.69) is 74.9 Å². The molecule has 3 aromatic rings. The molecule has 0 fully saturated rings. The molecule has 0 unspecified atom stereocenters. The van der Waals surface area contributed by atoms with Crippen LogP contribution in [-0.2, 0) is 19.6 Å². The maximum atomic E-state index is 10.6. The summed E-state index contributed by atoms with van der Waals surface area (Å²) < 4.78 is 0. The number of nitrogens with zero attached hydrogens (tertiary/aromatic N) is 2. The molecule has 0 heterocycles. The van der Waals surface area contributed by atoms with Gasteiger partial charge in [-0.1, -0.05) is 30.3 Å². The van der Waals surface area contributed by atoms with E-state index in [-0.39, 0.29) is 0 Å². The van der Waals surface area contributed by atoms with Crippen LogP contribution in [0.25, 0.3) is 0 Å². The van der Waals surface area contributed by atoms with Crippen LogP contribution in [0.15, 0.2) is 42.5 Å². The van der Waals surface area contributed by atoms with E-state index in [0.29, 0.717) is 24.6 Å². The minimum atomic E-state index is 0.363. The molecule has 0 atom stereocenters. The molecule has 0 amide bonds. The Kier molecular flexibility index (Phi) is 8.40. The maximum Gasteiger partial charge on any atom is 0.120 e. The van der Waals surface area contributed by atoms with Gasteiger partial charge >= 0.3 is 0 Å². The number of rotatable bonds is 9. The Morgan fingerprint density at radius 2 is 1.06 bits per heavy atom. The Hall–Kier alpha value is -2.82. The highest BCUT2D eigenvalue weighted by molar-refractivity contribution is 5.41. The molecule has 4 heteroatoms. The highest BCUT2D eigenvalue weighted by atomic mass is 16.3. The van der Waals surface area contributed by atoms with Crippen LogP contribution in [0.3, 0.4) is 0 Å². The molecule has 0 bridgehead atoms. The molecule has 4 nitrogen and oxygen atoms in total. The van der Waals surface area contributed by atoms with E-state index < -0.39 is 0 Å². The molecule has 0 radical (unpaired) electrons. The summed E-state index contributed by atoms with van der Waals surface area (Å²) in [6.07, 6.45) is 0. The minimum Gasteiger partial charge on any atom is -0.508 e. The van der Waals surface area contributed by atoms with Gasteiger partial charge in [0.1, 0.15) is 11.5 Å². The Morgan fingerprint density at radius 1 is 0.559 bits per heavy atom. The number of aryl methyl sites for hydroxylation is 6. The van der Waals surface area contributed by atoms with Crippen LogP contribution in [0.1, 0.15) is 50.1 Å². The van der Waals surface area contributed by atoms with Crippen molar-refractivity contribution in [3.8, 4) is 11.5 Å². The van der Waals surface area contributed by atoms with E-state index in [1.54, 1.807) is 0 Å². The Labute approximate surface area is 205 Å². The molecule has 0 spiro atoms. The molecule has 0 aliphatic heterocycles. The highest BCUT2D eigenvalue weighted by Gasteiger charge is 2.14. The number of aromatic hydroxyl groups is 2. The molecule has 0 aliphatic rings. The molecule has 0 aromatic heterocycles. The van der Waals surface area contributed by atoms with E-state index in [9.17, 15) is 10.2 Å². The average Bonchev–Trinajstić information content (AvgIpc) is 2.76. The number of phenolic OH excluding ortho intramolecular Hbond substituents is 2. The maximum absolute atomic E-state index is 10.6. The monoisotopic (exact) mass is 460 g/mol. The van der Waals surface area contributed by atoms with Gasteiger partial charge < -0.3 is 15.1 Å². The van der Waals surface area contributed by atoms with E-state index in [0.717, 1.165) is 41.9 Å². The lowest BCUT2D eigenvalue weighted by Crippen LogP contribution is -2.32. The van der Waals surface area contributed by atoms with Gasteiger partial charge in [0.15, 0.2) is 0 Å². The van der Waals surface area contributed by atoms with Crippen molar-refractivity contribution < 1.29 is 10.2 Å². The Bertz CT molecular complexity index is 1150. The molecule has 0 saturated heterocycles. The number of hydrogen-bond donors (Lipinski definition) is 2. The van der Waals surface area contributed by atoms with Crippen LogP contribution in [0, 0.1) is 41.5 Å². The first-order valence-corrected chi connectivity index (χ1v) is 12.1. The van der Waals surface area contributed by atoms with Gasteiger partial charge in [0.05, 0.1) is 0 Å². The quantitative estimate of drug-likeness (QED) is 0.406. The number of hydrogen-bond acceptors (Lipinski definition) is 4. The molecule has 34 heavy (non-hydrogen) atoms. The fourth-order valence-corrected chi connectivity index (χ4v) is 4.27. The first-order valence-electron chi connectivity index (χ1n) is 12.1. The summed E-state index contributed by atoms with van der Waals surface area (Å²) in [6, 6.07) is 14.6. The smallest absolute Gasteiger partial charge is 0.120 e. The van der Waals surface area contributed by atoms with E-state index >= 15 is 0 Å². The summed E-state index contributed by atoms with van der Waals surface area (Å²) in [6.45, 7) is 16.4. The lowest BCUT2D eigenvalue weighted by atomic mass is 10.0. The van der Waals surface area contributed by atoms with Gasteiger partial charge in [0.2, 0.25) is 0 Å². The fourth-order valence-electron chi connectivity index (χ4n) is 4.27. The summed E-state index contributed by atoms with van der Waals surface area (Å²) in [7, 11) is 2.09. The fraction of sp³-hybridized carbons (Fsp3) is 0.400. The lowest BCUT2D eigenvalue weighted by molar-refractivity contribution is 0.206. The van der Waals surface area contributed by atoms with E-state index in [1.807, 2.05) is 26.0 Å². The van der Waals surface area contributed by atoms with Crippen molar-refractivity contribution in [1.29, 1.82) is 0 Å². The molecular weight excluding hydrogens is 420 g/mol. The third-order valence-corrected chi connectivity index (χ3v) is 7.00. The molecule has 0 saturated carbocycles. The van der Waals surface area contributed by atoms with Gasteiger partial charge in [0, 0.05) is 43.9 Å². The minimum absolute atomic E-state index is 0.363. The van der Waals surface area contributed by atoms with Gasteiger partial charge in [-0.3, -0.25) is 4.90 Å². The van der Waals surface area contributed by atoms with Crippen LogP contribution in [0.5, 0.6) is 11.5 Å². The second-order valence-corrected chi connectivity index (χ2v) is 10.00. The van der Waals surface area contributed by atoms with Crippen molar-refractivity contribution in [2.24, 2.45) is 0 Å². The van der Waals surface area contributed by atoms with Crippen LogP contribution < -0.4 is 0 Å². The third-order valence-electron chi connectivity index (χ3n) is 7.00.